The first-order valence-corrected chi connectivity index (χ1v) is 3.91. The van der Waals surface area contributed by atoms with Gasteiger partial charge in [0.15, 0.2) is 0 Å². The molecule has 1 N–H and O–H groups in total. The second-order valence-corrected chi connectivity index (χ2v) is 2.85. The Morgan fingerprint density at radius 1 is 1.54 bits per heavy atom. The summed E-state index contributed by atoms with van der Waals surface area (Å²) in [6.45, 7) is 5.15. The summed E-state index contributed by atoms with van der Waals surface area (Å²) in [5.41, 5.74) is 1.43. The number of aliphatic hydroxyl groups is 1. The van der Waals surface area contributed by atoms with Gasteiger partial charge in [-0.2, -0.15) is 0 Å². The van der Waals surface area contributed by atoms with E-state index in [0.29, 0.717) is 5.56 Å². The summed E-state index contributed by atoms with van der Waals surface area (Å²) in [4.78, 5) is 0. The van der Waals surface area contributed by atoms with E-state index in [9.17, 15) is 4.39 Å². The molecular formula is C11H11FO. The summed E-state index contributed by atoms with van der Waals surface area (Å²) >= 11 is 0. The zero-order valence-corrected chi connectivity index (χ0v) is 7.42. The van der Waals surface area contributed by atoms with Crippen LogP contribution in [0.1, 0.15) is 11.1 Å². The molecule has 0 atom stereocenters. The van der Waals surface area contributed by atoms with Crippen LogP contribution in [-0.4, -0.2) is 5.11 Å². The molecule has 0 aliphatic rings. The van der Waals surface area contributed by atoms with Gasteiger partial charge in [0.2, 0.25) is 0 Å². The van der Waals surface area contributed by atoms with Crippen LogP contribution in [0, 0.1) is 12.7 Å². The highest BCUT2D eigenvalue weighted by Crippen LogP contribution is 2.12. The minimum atomic E-state index is -0.303. The Hall–Kier alpha value is -1.57. The highest BCUT2D eigenvalue weighted by molar-refractivity contribution is 5.53. The Labute approximate surface area is 76.8 Å². The Balaban J connectivity index is 3.00. The van der Waals surface area contributed by atoms with Gasteiger partial charge >= 0.3 is 0 Å². The monoisotopic (exact) mass is 178 g/mol. The molecule has 0 amide bonds. The van der Waals surface area contributed by atoms with Crippen molar-refractivity contribution in [2.45, 2.75) is 6.92 Å². The third kappa shape index (κ3) is 2.75. The molecule has 68 valence electrons. The largest absolute Gasteiger partial charge is 0.509 e. The number of rotatable bonds is 2. The molecule has 0 saturated heterocycles. The number of hydrogen-bond donors (Lipinski definition) is 1. The van der Waals surface area contributed by atoms with Gasteiger partial charge in [-0.15, -0.1) is 0 Å². The summed E-state index contributed by atoms with van der Waals surface area (Å²) in [5, 5.41) is 8.77. The quantitative estimate of drug-likeness (QED) is 0.544. The lowest BCUT2D eigenvalue weighted by molar-refractivity contribution is 0.436. The minimum Gasteiger partial charge on any atom is -0.509 e. The first kappa shape index (κ1) is 9.52. The van der Waals surface area contributed by atoms with Gasteiger partial charge in [-0.3, -0.25) is 0 Å². The van der Waals surface area contributed by atoms with Crippen molar-refractivity contribution in [1.82, 2.24) is 0 Å². The van der Waals surface area contributed by atoms with Crippen LogP contribution in [0.5, 0.6) is 0 Å². The van der Waals surface area contributed by atoms with Crippen molar-refractivity contribution in [2.24, 2.45) is 0 Å². The lowest BCUT2D eigenvalue weighted by Gasteiger charge is -1.98. The van der Waals surface area contributed by atoms with Crippen molar-refractivity contribution in [1.29, 1.82) is 0 Å². The van der Waals surface area contributed by atoms with E-state index in [1.807, 2.05) is 6.92 Å². The highest BCUT2D eigenvalue weighted by Gasteiger charge is 1.97. The van der Waals surface area contributed by atoms with Crippen LogP contribution in [0.3, 0.4) is 0 Å². The van der Waals surface area contributed by atoms with Crippen LogP contribution >= 0.6 is 0 Å². The van der Waals surface area contributed by atoms with E-state index in [4.69, 9.17) is 5.11 Å². The Morgan fingerprint density at radius 2 is 2.23 bits per heavy atom. The summed E-state index contributed by atoms with van der Waals surface area (Å²) in [6, 6.07) is 4.80. The van der Waals surface area contributed by atoms with Crippen LogP contribution in [-0.2, 0) is 0 Å². The maximum absolute atomic E-state index is 13.1. The number of hydrogen-bond acceptors (Lipinski definition) is 1. The van der Waals surface area contributed by atoms with Gasteiger partial charge in [0.05, 0.1) is 0 Å². The fraction of sp³-hybridized carbons (Fsp3) is 0.0909. The number of halogens is 1. The zero-order chi connectivity index (χ0) is 9.84. The van der Waals surface area contributed by atoms with Gasteiger partial charge < -0.3 is 5.11 Å². The maximum Gasteiger partial charge on any atom is 0.130 e. The molecule has 0 aliphatic carbocycles. The third-order valence-corrected chi connectivity index (χ3v) is 1.61. The second-order valence-electron chi connectivity index (χ2n) is 2.85. The molecule has 0 aromatic heterocycles. The minimum absolute atomic E-state index is 0.0825. The molecule has 0 radical (unpaired) electrons. The Bertz CT molecular complexity index is 353. The van der Waals surface area contributed by atoms with Gasteiger partial charge in [-0.05, 0) is 31.2 Å². The topological polar surface area (TPSA) is 20.2 Å². The van der Waals surface area contributed by atoms with E-state index >= 15 is 0 Å². The van der Waals surface area contributed by atoms with Gasteiger partial charge in [0.1, 0.15) is 11.6 Å². The van der Waals surface area contributed by atoms with E-state index in [1.165, 1.54) is 18.2 Å². The molecule has 1 rings (SSSR count). The molecule has 0 spiro atoms. The Morgan fingerprint density at radius 3 is 2.85 bits per heavy atom. The van der Waals surface area contributed by atoms with Gasteiger partial charge in [0, 0.05) is 5.56 Å². The van der Waals surface area contributed by atoms with Crippen molar-refractivity contribution in [3.8, 4) is 0 Å². The number of benzene rings is 1. The van der Waals surface area contributed by atoms with Crippen LogP contribution in [0.15, 0.2) is 36.6 Å². The molecule has 0 bridgehead atoms. The zero-order valence-electron chi connectivity index (χ0n) is 7.42. The molecule has 0 heterocycles. The average Bonchev–Trinajstić information content (AvgIpc) is 2.06. The van der Waals surface area contributed by atoms with Gasteiger partial charge in [0.25, 0.3) is 0 Å². The van der Waals surface area contributed by atoms with Gasteiger partial charge in [-0.1, -0.05) is 18.2 Å². The second kappa shape index (κ2) is 3.90. The number of aryl methyl sites for hydroxylation is 1. The maximum atomic E-state index is 13.1. The van der Waals surface area contributed by atoms with Crippen molar-refractivity contribution >= 4 is 6.08 Å². The number of aliphatic hydroxyl groups excluding tert-OH is 1. The van der Waals surface area contributed by atoms with Gasteiger partial charge in [-0.25, -0.2) is 4.39 Å². The first-order chi connectivity index (χ1) is 6.09. The SMILES string of the molecule is C=C(O)/C=C/c1cc(C)ccc1F. The summed E-state index contributed by atoms with van der Waals surface area (Å²) in [6.07, 6.45) is 2.85. The normalized spacial score (nSPS) is 10.6. The van der Waals surface area contributed by atoms with E-state index in [2.05, 4.69) is 6.58 Å². The molecule has 0 saturated carbocycles. The van der Waals surface area contributed by atoms with Crippen LogP contribution in [0.4, 0.5) is 4.39 Å². The molecule has 1 nitrogen and oxygen atoms in total. The molecule has 2 heteroatoms. The summed E-state index contributed by atoms with van der Waals surface area (Å²) in [7, 11) is 0. The molecule has 1 aromatic rings. The summed E-state index contributed by atoms with van der Waals surface area (Å²) in [5.74, 6) is -0.385. The van der Waals surface area contributed by atoms with Crippen LogP contribution < -0.4 is 0 Å². The highest BCUT2D eigenvalue weighted by atomic mass is 19.1. The van der Waals surface area contributed by atoms with Crippen molar-refractivity contribution < 1.29 is 9.50 Å². The van der Waals surface area contributed by atoms with E-state index < -0.39 is 0 Å². The molecule has 0 unspecified atom stereocenters. The van der Waals surface area contributed by atoms with Crippen molar-refractivity contribution in [2.75, 3.05) is 0 Å². The molecule has 1 aromatic carbocycles. The average molecular weight is 178 g/mol. The summed E-state index contributed by atoms with van der Waals surface area (Å²) < 4.78 is 13.1. The fourth-order valence-corrected chi connectivity index (χ4v) is 0.977. The smallest absolute Gasteiger partial charge is 0.130 e. The lowest BCUT2D eigenvalue weighted by atomic mass is 10.1. The molecule has 13 heavy (non-hydrogen) atoms. The lowest BCUT2D eigenvalue weighted by Crippen LogP contribution is -1.83. The van der Waals surface area contributed by atoms with E-state index in [-0.39, 0.29) is 11.6 Å². The third-order valence-electron chi connectivity index (χ3n) is 1.61. The van der Waals surface area contributed by atoms with Crippen molar-refractivity contribution in [3.63, 3.8) is 0 Å². The predicted octanol–water partition coefficient (Wildman–Crippen LogP) is 3.22. The fourth-order valence-electron chi connectivity index (χ4n) is 0.977. The van der Waals surface area contributed by atoms with E-state index in [1.54, 1.807) is 12.1 Å². The van der Waals surface area contributed by atoms with Crippen molar-refractivity contribution in [3.05, 3.63) is 53.6 Å². The predicted molar refractivity (Wildman–Crippen MR) is 51.9 cm³/mol. The molecule has 0 fully saturated rings. The molecule has 0 aliphatic heterocycles. The first-order valence-electron chi connectivity index (χ1n) is 3.91. The van der Waals surface area contributed by atoms with Crippen LogP contribution in [0.25, 0.3) is 6.08 Å². The Kier molecular flexibility index (Phi) is 2.85. The molecular weight excluding hydrogens is 167 g/mol. The van der Waals surface area contributed by atoms with E-state index in [0.717, 1.165) is 5.56 Å². The standard InChI is InChI=1S/C11H11FO/c1-8-3-6-11(12)10(7-8)5-4-9(2)13/h3-7,13H,2H2,1H3/b5-4+. The number of allylic oxidation sites excluding steroid dienone is 1. The van der Waals surface area contributed by atoms with Crippen LogP contribution in [0.2, 0.25) is 0 Å².